The lowest BCUT2D eigenvalue weighted by atomic mass is 10.1. The number of amides is 3. The molecule has 0 spiro atoms. The minimum Gasteiger partial charge on any atom is -0.350 e. The van der Waals surface area contributed by atoms with Gasteiger partial charge in [0.2, 0.25) is 0 Å². The maximum atomic E-state index is 13.0. The van der Waals surface area contributed by atoms with Crippen molar-refractivity contribution < 1.29 is 14.4 Å². The number of hydrogen-bond donors (Lipinski definition) is 2. The second-order valence-corrected chi connectivity index (χ2v) is 8.34. The van der Waals surface area contributed by atoms with Crippen molar-refractivity contribution in [2.45, 2.75) is 20.3 Å². The highest BCUT2D eigenvalue weighted by Crippen LogP contribution is 2.30. The number of thiazole rings is 1. The van der Waals surface area contributed by atoms with Gasteiger partial charge in [-0.25, -0.2) is 9.88 Å². The molecular weight excluding hydrogens is 448 g/mol. The molecule has 2 N–H and O–H groups in total. The molecule has 0 saturated carbocycles. The third-order valence-electron chi connectivity index (χ3n) is 4.86. The van der Waals surface area contributed by atoms with Crippen LogP contribution in [0.2, 0.25) is 0 Å². The molecule has 0 atom stereocenters. The summed E-state index contributed by atoms with van der Waals surface area (Å²) in [5, 5.41) is 7.77. The summed E-state index contributed by atoms with van der Waals surface area (Å²) in [4.78, 5) is 43.4. The first-order valence-electron chi connectivity index (χ1n) is 9.85. The number of carbonyl (C=O) groups is 3. The van der Waals surface area contributed by atoms with E-state index >= 15 is 0 Å². The number of imide groups is 1. The summed E-state index contributed by atoms with van der Waals surface area (Å²) >= 11 is 7.54. The Morgan fingerprint density at radius 2 is 1.88 bits per heavy atom. The standard InChI is InChI=1S/C23H19ClN4O3S/c1-3-14-7-9-17(10-8-14)28-21(30)18(24)19(22(28)31)26-16-6-4-5-15(11-16)20(29)27-23-25-13(2)12-32-23/h4-12,26H,3H2,1-2H3,(H,25,27,29). The van der Waals surface area contributed by atoms with Crippen molar-refractivity contribution in [1.29, 1.82) is 0 Å². The Kier molecular flexibility index (Phi) is 6.07. The summed E-state index contributed by atoms with van der Waals surface area (Å²) in [5.74, 6) is -1.50. The van der Waals surface area contributed by atoms with Gasteiger partial charge in [-0.1, -0.05) is 36.7 Å². The molecule has 2 heterocycles. The molecule has 0 radical (unpaired) electrons. The van der Waals surface area contributed by atoms with Crippen LogP contribution in [0.4, 0.5) is 16.5 Å². The second-order valence-electron chi connectivity index (χ2n) is 7.11. The number of nitrogens with zero attached hydrogens (tertiary/aromatic N) is 2. The molecule has 0 unspecified atom stereocenters. The maximum absolute atomic E-state index is 13.0. The van der Waals surface area contributed by atoms with Gasteiger partial charge in [0.05, 0.1) is 11.4 Å². The average Bonchev–Trinajstić information content (AvgIpc) is 3.29. The van der Waals surface area contributed by atoms with E-state index in [-0.39, 0.29) is 16.6 Å². The fourth-order valence-electron chi connectivity index (χ4n) is 3.19. The van der Waals surface area contributed by atoms with Crippen LogP contribution < -0.4 is 15.5 Å². The molecule has 0 aliphatic carbocycles. The van der Waals surface area contributed by atoms with Crippen molar-refractivity contribution in [1.82, 2.24) is 4.98 Å². The number of hydrogen-bond acceptors (Lipinski definition) is 6. The van der Waals surface area contributed by atoms with E-state index in [0.717, 1.165) is 22.6 Å². The van der Waals surface area contributed by atoms with Crippen LogP contribution in [0, 0.1) is 6.92 Å². The summed E-state index contributed by atoms with van der Waals surface area (Å²) in [7, 11) is 0. The second kappa shape index (κ2) is 8.94. The highest BCUT2D eigenvalue weighted by molar-refractivity contribution is 7.13. The van der Waals surface area contributed by atoms with Crippen LogP contribution in [0.5, 0.6) is 0 Å². The summed E-state index contributed by atoms with van der Waals surface area (Å²) in [5.41, 5.74) is 3.13. The maximum Gasteiger partial charge on any atom is 0.283 e. The van der Waals surface area contributed by atoms with Crippen molar-refractivity contribution in [2.75, 3.05) is 15.5 Å². The molecule has 7 nitrogen and oxygen atoms in total. The molecule has 1 aromatic heterocycles. The van der Waals surface area contributed by atoms with Crippen LogP contribution in [0.1, 0.15) is 28.5 Å². The third-order valence-corrected chi connectivity index (χ3v) is 6.09. The van der Waals surface area contributed by atoms with E-state index in [1.54, 1.807) is 36.4 Å². The van der Waals surface area contributed by atoms with Crippen molar-refractivity contribution in [3.8, 4) is 0 Å². The summed E-state index contributed by atoms with van der Waals surface area (Å²) in [6.07, 6.45) is 0.847. The lowest BCUT2D eigenvalue weighted by Gasteiger charge is -2.15. The minimum atomic E-state index is -0.601. The van der Waals surface area contributed by atoms with Crippen molar-refractivity contribution in [2.24, 2.45) is 0 Å². The van der Waals surface area contributed by atoms with Gasteiger partial charge in [0.15, 0.2) is 5.13 Å². The number of rotatable bonds is 6. The molecule has 162 valence electrons. The number of halogens is 1. The van der Waals surface area contributed by atoms with Gasteiger partial charge in [-0.3, -0.25) is 19.7 Å². The minimum absolute atomic E-state index is 0.0376. The first-order chi connectivity index (χ1) is 15.4. The molecule has 1 aliphatic heterocycles. The Balaban J connectivity index is 1.53. The smallest absolute Gasteiger partial charge is 0.283 e. The van der Waals surface area contributed by atoms with Crippen molar-refractivity contribution >= 4 is 57.2 Å². The van der Waals surface area contributed by atoms with E-state index in [9.17, 15) is 14.4 Å². The zero-order valence-corrected chi connectivity index (χ0v) is 18.9. The largest absolute Gasteiger partial charge is 0.350 e. The molecule has 3 aromatic rings. The zero-order valence-electron chi connectivity index (χ0n) is 17.3. The van der Waals surface area contributed by atoms with Gasteiger partial charge in [-0.05, 0) is 49.2 Å². The van der Waals surface area contributed by atoms with E-state index in [1.165, 1.54) is 11.3 Å². The monoisotopic (exact) mass is 466 g/mol. The Labute approximate surface area is 193 Å². The number of aryl methyl sites for hydroxylation is 2. The predicted molar refractivity (Wildman–Crippen MR) is 126 cm³/mol. The van der Waals surface area contributed by atoms with Crippen LogP contribution in [0.3, 0.4) is 0 Å². The Morgan fingerprint density at radius 3 is 2.53 bits per heavy atom. The van der Waals surface area contributed by atoms with Crippen molar-refractivity contribution in [3.63, 3.8) is 0 Å². The fraction of sp³-hybridized carbons (Fsp3) is 0.130. The SMILES string of the molecule is CCc1ccc(N2C(=O)C(Cl)=C(Nc3cccc(C(=O)Nc4nc(C)cs4)c3)C2=O)cc1. The molecule has 3 amide bonds. The molecule has 9 heteroatoms. The highest BCUT2D eigenvalue weighted by atomic mass is 35.5. The lowest BCUT2D eigenvalue weighted by Crippen LogP contribution is -2.32. The Morgan fingerprint density at radius 1 is 1.12 bits per heavy atom. The molecule has 1 aliphatic rings. The van der Waals surface area contributed by atoms with Crippen LogP contribution >= 0.6 is 22.9 Å². The third kappa shape index (κ3) is 4.28. The van der Waals surface area contributed by atoms with E-state index in [1.807, 2.05) is 31.4 Å². The number of anilines is 3. The molecule has 32 heavy (non-hydrogen) atoms. The molecule has 0 saturated heterocycles. The quantitative estimate of drug-likeness (QED) is 0.514. The first-order valence-corrected chi connectivity index (χ1v) is 11.1. The zero-order chi connectivity index (χ0) is 22.8. The lowest BCUT2D eigenvalue weighted by molar-refractivity contribution is -0.120. The molecule has 2 aromatic carbocycles. The van der Waals surface area contributed by atoms with E-state index < -0.39 is 11.8 Å². The summed E-state index contributed by atoms with van der Waals surface area (Å²) in [6, 6.07) is 13.7. The van der Waals surface area contributed by atoms with Crippen LogP contribution in [0.15, 0.2) is 64.6 Å². The number of carbonyl (C=O) groups excluding carboxylic acids is 3. The molecule has 4 rings (SSSR count). The van der Waals surface area contributed by atoms with E-state index in [4.69, 9.17) is 11.6 Å². The van der Waals surface area contributed by atoms with Gasteiger partial charge >= 0.3 is 0 Å². The Hall–Kier alpha value is -3.49. The van der Waals surface area contributed by atoms with E-state index in [0.29, 0.717) is 22.1 Å². The molecular formula is C23H19ClN4O3S. The van der Waals surface area contributed by atoms with Gasteiger partial charge in [0.25, 0.3) is 17.7 Å². The normalized spacial score (nSPS) is 13.7. The van der Waals surface area contributed by atoms with Gasteiger partial charge in [0, 0.05) is 16.6 Å². The van der Waals surface area contributed by atoms with Crippen LogP contribution in [-0.2, 0) is 16.0 Å². The highest BCUT2D eigenvalue weighted by Gasteiger charge is 2.39. The summed E-state index contributed by atoms with van der Waals surface area (Å²) in [6.45, 7) is 3.86. The first kappa shape index (κ1) is 21.7. The van der Waals surface area contributed by atoms with Crippen LogP contribution in [-0.4, -0.2) is 22.7 Å². The van der Waals surface area contributed by atoms with Crippen molar-refractivity contribution in [3.05, 3.63) is 81.5 Å². The van der Waals surface area contributed by atoms with Crippen LogP contribution in [0.25, 0.3) is 0 Å². The van der Waals surface area contributed by atoms with E-state index in [2.05, 4.69) is 15.6 Å². The average molecular weight is 467 g/mol. The van der Waals surface area contributed by atoms with Gasteiger partial charge in [-0.15, -0.1) is 11.3 Å². The Bertz CT molecular complexity index is 1250. The van der Waals surface area contributed by atoms with Gasteiger partial charge < -0.3 is 5.32 Å². The number of aromatic nitrogens is 1. The molecule has 0 fully saturated rings. The number of benzene rings is 2. The van der Waals surface area contributed by atoms with Gasteiger partial charge in [-0.2, -0.15) is 0 Å². The predicted octanol–water partition coefficient (Wildman–Crippen LogP) is 4.70. The fourth-order valence-corrected chi connectivity index (χ4v) is 4.09. The number of nitrogens with one attached hydrogen (secondary N) is 2. The van der Waals surface area contributed by atoms with Gasteiger partial charge in [0.1, 0.15) is 10.7 Å². The topological polar surface area (TPSA) is 91.4 Å². The molecule has 0 bridgehead atoms. The summed E-state index contributed by atoms with van der Waals surface area (Å²) < 4.78 is 0.